The van der Waals surface area contributed by atoms with E-state index in [1.54, 1.807) is 4.90 Å². The Kier molecular flexibility index (Phi) is 5.94. The fourth-order valence-corrected chi connectivity index (χ4v) is 6.09. The number of piperidine rings is 1. The van der Waals surface area contributed by atoms with Crippen LogP contribution in [0.5, 0.6) is 5.75 Å². The Morgan fingerprint density at radius 2 is 1.63 bits per heavy atom. The zero-order valence-corrected chi connectivity index (χ0v) is 20.4. The monoisotopic (exact) mass is 476 g/mol. The van der Waals surface area contributed by atoms with Crippen LogP contribution in [-0.2, 0) is 26.3 Å². The van der Waals surface area contributed by atoms with Crippen LogP contribution in [-0.4, -0.2) is 48.0 Å². The third kappa shape index (κ3) is 4.71. The summed E-state index contributed by atoms with van der Waals surface area (Å²) in [5.74, 6) is 1.08. The highest BCUT2D eigenvalue weighted by molar-refractivity contribution is 5.90. The van der Waals surface area contributed by atoms with Crippen LogP contribution in [0.15, 0.2) is 48.5 Å². The third-order valence-electron chi connectivity index (χ3n) is 7.83. The molecule has 6 rings (SSSR count). The summed E-state index contributed by atoms with van der Waals surface area (Å²) in [6.45, 7) is 7.91. The SMILES string of the molecule is CC1(C)CC2(CC2)c2cc(CN3CCC4(CC3)CN(c3ccccc3)C(=O)O4)ccc2O1.O=C=O. The second kappa shape index (κ2) is 8.81. The van der Waals surface area contributed by atoms with Gasteiger partial charge in [-0.25, -0.2) is 4.79 Å². The van der Waals surface area contributed by atoms with Crippen LogP contribution in [0.2, 0.25) is 0 Å². The highest BCUT2D eigenvalue weighted by Gasteiger charge is 2.53. The minimum Gasteiger partial charge on any atom is -0.488 e. The third-order valence-corrected chi connectivity index (χ3v) is 7.83. The lowest BCUT2D eigenvalue weighted by molar-refractivity contribution is -0.191. The first kappa shape index (κ1) is 23.6. The second-order valence-corrected chi connectivity index (χ2v) is 11.0. The van der Waals surface area contributed by atoms with E-state index in [1.807, 2.05) is 30.3 Å². The lowest BCUT2D eigenvalue weighted by atomic mass is 9.81. The van der Waals surface area contributed by atoms with Gasteiger partial charge in [0.05, 0.1) is 6.54 Å². The zero-order chi connectivity index (χ0) is 24.7. The number of benzene rings is 2. The minimum absolute atomic E-state index is 0.0709. The Balaban J connectivity index is 0.000000806. The van der Waals surface area contributed by atoms with E-state index >= 15 is 0 Å². The molecule has 1 amide bonds. The van der Waals surface area contributed by atoms with Gasteiger partial charge in [-0.2, -0.15) is 9.59 Å². The van der Waals surface area contributed by atoms with E-state index in [0.29, 0.717) is 12.0 Å². The summed E-state index contributed by atoms with van der Waals surface area (Å²) in [5, 5.41) is 0. The van der Waals surface area contributed by atoms with Gasteiger partial charge in [-0.3, -0.25) is 9.80 Å². The van der Waals surface area contributed by atoms with Crippen molar-refractivity contribution in [2.45, 2.75) is 69.1 Å². The number of carbonyl (C=O) groups excluding carboxylic acids is 3. The number of carbonyl (C=O) groups is 1. The van der Waals surface area contributed by atoms with Gasteiger partial charge in [0.25, 0.3) is 0 Å². The van der Waals surface area contributed by atoms with Gasteiger partial charge in [-0.1, -0.05) is 30.3 Å². The molecule has 184 valence electrons. The molecule has 2 saturated heterocycles. The van der Waals surface area contributed by atoms with E-state index in [-0.39, 0.29) is 23.4 Å². The number of hydrogen-bond acceptors (Lipinski definition) is 6. The largest absolute Gasteiger partial charge is 0.488 e. The summed E-state index contributed by atoms with van der Waals surface area (Å²) in [6.07, 6.45) is 5.49. The van der Waals surface area contributed by atoms with E-state index in [0.717, 1.165) is 50.3 Å². The molecule has 3 aliphatic heterocycles. The van der Waals surface area contributed by atoms with E-state index < -0.39 is 0 Å². The van der Waals surface area contributed by atoms with Crippen molar-refractivity contribution < 1.29 is 23.9 Å². The van der Waals surface area contributed by atoms with Crippen LogP contribution in [0.3, 0.4) is 0 Å². The van der Waals surface area contributed by atoms with Gasteiger partial charge in [0.2, 0.25) is 0 Å². The summed E-state index contributed by atoms with van der Waals surface area (Å²) >= 11 is 0. The quantitative estimate of drug-likeness (QED) is 0.640. The van der Waals surface area contributed by atoms with E-state index in [1.165, 1.54) is 24.0 Å². The number of rotatable bonds is 3. The summed E-state index contributed by atoms with van der Waals surface area (Å²) in [5.41, 5.74) is 3.63. The number of hydrogen-bond donors (Lipinski definition) is 0. The van der Waals surface area contributed by atoms with Crippen molar-refractivity contribution in [1.29, 1.82) is 0 Å². The molecule has 0 radical (unpaired) electrons. The fraction of sp³-hybridized carbons (Fsp3) is 0.500. The highest BCUT2D eigenvalue weighted by atomic mass is 16.6. The number of ether oxygens (including phenoxy) is 2. The van der Waals surface area contributed by atoms with Crippen LogP contribution < -0.4 is 9.64 Å². The molecule has 35 heavy (non-hydrogen) atoms. The number of nitrogens with zero attached hydrogens (tertiary/aromatic N) is 2. The van der Waals surface area contributed by atoms with Gasteiger partial charge < -0.3 is 9.47 Å². The average molecular weight is 477 g/mol. The maximum absolute atomic E-state index is 12.5. The van der Waals surface area contributed by atoms with Gasteiger partial charge in [-0.15, -0.1) is 0 Å². The molecule has 3 heterocycles. The first-order chi connectivity index (χ1) is 16.8. The Bertz CT molecular complexity index is 1130. The molecular weight excluding hydrogens is 444 g/mol. The van der Waals surface area contributed by atoms with Crippen LogP contribution >= 0.6 is 0 Å². The predicted octanol–water partition coefficient (Wildman–Crippen LogP) is 4.69. The molecule has 1 aliphatic carbocycles. The molecule has 0 atom stereocenters. The Morgan fingerprint density at radius 1 is 0.943 bits per heavy atom. The van der Waals surface area contributed by atoms with Crippen LogP contribution in [0.1, 0.15) is 57.1 Å². The zero-order valence-electron chi connectivity index (χ0n) is 20.4. The molecule has 0 unspecified atom stereocenters. The minimum atomic E-state index is -0.350. The first-order valence-corrected chi connectivity index (χ1v) is 12.4. The summed E-state index contributed by atoms with van der Waals surface area (Å²) in [4.78, 5) is 33.1. The van der Waals surface area contributed by atoms with Crippen molar-refractivity contribution in [2.75, 3.05) is 24.5 Å². The smallest absolute Gasteiger partial charge is 0.415 e. The van der Waals surface area contributed by atoms with E-state index in [2.05, 4.69) is 36.9 Å². The molecular formula is C28H32N2O5. The molecule has 7 heteroatoms. The van der Waals surface area contributed by atoms with Gasteiger partial charge in [0.15, 0.2) is 0 Å². The maximum atomic E-state index is 12.5. The number of amides is 1. The first-order valence-electron chi connectivity index (χ1n) is 12.4. The maximum Gasteiger partial charge on any atom is 0.415 e. The molecule has 0 N–H and O–H groups in total. The van der Waals surface area contributed by atoms with Gasteiger partial charge in [0, 0.05) is 49.1 Å². The van der Waals surface area contributed by atoms with Gasteiger partial charge in [0.1, 0.15) is 17.0 Å². The molecule has 7 nitrogen and oxygen atoms in total. The standard InChI is InChI=1S/C27H32N2O3.CO2/c1-25(2)18-26(10-11-26)22-16-20(8-9-23(22)31-25)17-28-14-12-27(13-15-28)19-29(24(30)32-27)21-6-4-3-5-7-21;2-1-3/h3-9,16H,10-15,17-19H2,1-2H3;. The van der Waals surface area contributed by atoms with Crippen LogP contribution in [0.4, 0.5) is 10.5 Å². The molecule has 4 aliphatic rings. The topological polar surface area (TPSA) is 76.2 Å². The van der Waals surface area contributed by atoms with E-state index in [4.69, 9.17) is 19.1 Å². The van der Waals surface area contributed by atoms with Crippen molar-refractivity contribution in [3.8, 4) is 5.75 Å². The Morgan fingerprint density at radius 3 is 2.29 bits per heavy atom. The number of para-hydroxylation sites is 1. The van der Waals surface area contributed by atoms with Crippen LogP contribution in [0, 0.1) is 0 Å². The lowest BCUT2D eigenvalue weighted by Crippen LogP contribution is -2.46. The fourth-order valence-electron chi connectivity index (χ4n) is 6.09. The van der Waals surface area contributed by atoms with Crippen LogP contribution in [0.25, 0.3) is 0 Å². The Labute approximate surface area is 206 Å². The van der Waals surface area contributed by atoms with E-state index in [9.17, 15) is 4.79 Å². The lowest BCUT2D eigenvalue weighted by Gasteiger charge is -2.39. The average Bonchev–Trinajstić information content (AvgIpc) is 3.51. The molecule has 2 aromatic carbocycles. The number of fused-ring (bicyclic) bond motifs is 2. The predicted molar refractivity (Wildman–Crippen MR) is 129 cm³/mol. The van der Waals surface area contributed by atoms with Gasteiger partial charge >= 0.3 is 12.2 Å². The van der Waals surface area contributed by atoms with Crippen molar-refractivity contribution in [3.63, 3.8) is 0 Å². The number of anilines is 1. The highest BCUT2D eigenvalue weighted by Crippen LogP contribution is 2.59. The van der Waals surface area contributed by atoms with Gasteiger partial charge in [-0.05, 0) is 56.9 Å². The molecule has 1 saturated carbocycles. The molecule has 3 fully saturated rings. The molecule has 0 bridgehead atoms. The second-order valence-electron chi connectivity index (χ2n) is 11.0. The number of likely N-dealkylation sites (tertiary alicyclic amines) is 1. The van der Waals surface area contributed by atoms with Crippen molar-refractivity contribution >= 4 is 17.9 Å². The normalized spacial score (nSPS) is 22.9. The summed E-state index contributed by atoms with van der Waals surface area (Å²) < 4.78 is 12.2. The van der Waals surface area contributed by atoms with Crippen molar-refractivity contribution in [3.05, 3.63) is 59.7 Å². The molecule has 2 spiro atoms. The molecule has 2 aromatic rings. The summed E-state index contributed by atoms with van der Waals surface area (Å²) in [6, 6.07) is 16.7. The molecule has 0 aromatic heterocycles. The Hall–Kier alpha value is -3.15. The summed E-state index contributed by atoms with van der Waals surface area (Å²) in [7, 11) is 0. The van der Waals surface area contributed by atoms with Crippen molar-refractivity contribution in [2.24, 2.45) is 0 Å². The van der Waals surface area contributed by atoms with Crippen molar-refractivity contribution in [1.82, 2.24) is 4.90 Å².